The van der Waals surface area contributed by atoms with Crippen LogP contribution in [0.25, 0.3) is 0 Å². The van der Waals surface area contributed by atoms with Crippen LogP contribution in [-0.4, -0.2) is 44.0 Å². The number of halogens is 1. The van der Waals surface area contributed by atoms with E-state index in [1.54, 1.807) is 36.4 Å². The molecule has 2 aromatic carbocycles. The van der Waals surface area contributed by atoms with Crippen molar-refractivity contribution >= 4 is 17.7 Å². The van der Waals surface area contributed by atoms with Crippen LogP contribution < -0.4 is 20.7 Å². The first-order valence-electron chi connectivity index (χ1n) is 10.0. The van der Waals surface area contributed by atoms with Crippen LogP contribution in [0.15, 0.2) is 48.5 Å². The molecule has 0 radical (unpaired) electrons. The molecule has 31 heavy (non-hydrogen) atoms. The van der Waals surface area contributed by atoms with Crippen LogP contribution in [0, 0.1) is 11.7 Å². The van der Waals surface area contributed by atoms with Gasteiger partial charge in [0.15, 0.2) is 0 Å². The number of benzene rings is 2. The standard InChI is InChI=1S/C23H28FN3O4/c1-15(2)21(27-22(29)18-9-4-5-10-19(18)31-3)23(30)26-12-11-25-20(28)14-16-7-6-8-17(24)13-16/h4-10,13,15,21H,11-12,14H2,1-3H3,(H,25,28)(H,26,30)(H,27,29). The Morgan fingerprint density at radius 3 is 2.39 bits per heavy atom. The average Bonchev–Trinajstić information content (AvgIpc) is 2.74. The molecular weight excluding hydrogens is 401 g/mol. The Bertz CT molecular complexity index is 917. The quantitative estimate of drug-likeness (QED) is 0.504. The first kappa shape index (κ1) is 23.9. The fourth-order valence-corrected chi connectivity index (χ4v) is 2.98. The number of nitrogens with one attached hydrogen (secondary N) is 3. The molecule has 3 N–H and O–H groups in total. The van der Waals surface area contributed by atoms with Gasteiger partial charge in [-0.15, -0.1) is 0 Å². The first-order chi connectivity index (χ1) is 14.8. The fraction of sp³-hybridized carbons (Fsp3) is 0.348. The minimum atomic E-state index is -0.750. The Morgan fingerprint density at radius 2 is 1.71 bits per heavy atom. The lowest BCUT2D eigenvalue weighted by Gasteiger charge is -2.22. The number of rotatable bonds is 10. The fourth-order valence-electron chi connectivity index (χ4n) is 2.98. The topological polar surface area (TPSA) is 96.5 Å². The second-order valence-electron chi connectivity index (χ2n) is 7.34. The van der Waals surface area contributed by atoms with Crippen molar-refractivity contribution in [2.45, 2.75) is 26.3 Å². The number of hydrogen-bond donors (Lipinski definition) is 3. The maximum absolute atomic E-state index is 13.2. The lowest BCUT2D eigenvalue weighted by Crippen LogP contribution is -2.50. The summed E-state index contributed by atoms with van der Waals surface area (Å²) >= 11 is 0. The van der Waals surface area contributed by atoms with E-state index in [1.807, 2.05) is 13.8 Å². The van der Waals surface area contributed by atoms with Crippen LogP contribution >= 0.6 is 0 Å². The van der Waals surface area contributed by atoms with E-state index in [2.05, 4.69) is 16.0 Å². The molecule has 0 saturated carbocycles. The smallest absolute Gasteiger partial charge is 0.255 e. The summed E-state index contributed by atoms with van der Waals surface area (Å²) in [6, 6.07) is 11.8. The zero-order valence-corrected chi connectivity index (χ0v) is 17.9. The third kappa shape index (κ3) is 7.40. The molecule has 0 fully saturated rings. The van der Waals surface area contributed by atoms with Crippen molar-refractivity contribution in [3.05, 3.63) is 65.5 Å². The summed E-state index contributed by atoms with van der Waals surface area (Å²) in [4.78, 5) is 37.1. The average molecular weight is 429 g/mol. The van der Waals surface area contributed by atoms with Crippen molar-refractivity contribution in [3.8, 4) is 5.75 Å². The number of methoxy groups -OCH3 is 1. The summed E-state index contributed by atoms with van der Waals surface area (Å²) in [6.07, 6.45) is 0.0509. The predicted octanol–water partition coefficient (Wildman–Crippen LogP) is 2.06. The Labute approximate surface area is 181 Å². The number of ether oxygens (including phenoxy) is 1. The number of carbonyl (C=O) groups is 3. The lowest BCUT2D eigenvalue weighted by molar-refractivity contribution is -0.124. The number of hydrogen-bond acceptors (Lipinski definition) is 4. The van der Waals surface area contributed by atoms with E-state index in [0.717, 1.165) is 0 Å². The van der Waals surface area contributed by atoms with E-state index < -0.39 is 17.8 Å². The Kier molecular flexibility index (Phi) is 8.99. The Morgan fingerprint density at radius 1 is 1.00 bits per heavy atom. The number of carbonyl (C=O) groups excluding carboxylic acids is 3. The van der Waals surface area contributed by atoms with Gasteiger partial charge in [-0.1, -0.05) is 38.1 Å². The highest BCUT2D eigenvalue weighted by atomic mass is 19.1. The second kappa shape index (κ2) is 11.7. The molecule has 166 valence electrons. The van der Waals surface area contributed by atoms with E-state index in [9.17, 15) is 18.8 Å². The largest absolute Gasteiger partial charge is 0.496 e. The molecule has 0 heterocycles. The van der Waals surface area contributed by atoms with E-state index in [0.29, 0.717) is 16.9 Å². The summed E-state index contributed by atoms with van der Waals surface area (Å²) in [5.74, 6) is -1.16. The summed E-state index contributed by atoms with van der Waals surface area (Å²) in [5.41, 5.74) is 0.911. The van der Waals surface area contributed by atoms with Crippen molar-refractivity contribution in [2.75, 3.05) is 20.2 Å². The second-order valence-corrected chi connectivity index (χ2v) is 7.34. The summed E-state index contributed by atoms with van der Waals surface area (Å²) < 4.78 is 18.4. The maximum Gasteiger partial charge on any atom is 0.255 e. The summed E-state index contributed by atoms with van der Waals surface area (Å²) in [7, 11) is 1.47. The molecular formula is C23H28FN3O4. The molecule has 0 spiro atoms. The Hall–Kier alpha value is -3.42. The zero-order valence-electron chi connectivity index (χ0n) is 17.9. The van der Waals surface area contributed by atoms with E-state index >= 15 is 0 Å². The van der Waals surface area contributed by atoms with Crippen molar-refractivity contribution in [3.63, 3.8) is 0 Å². The molecule has 2 rings (SSSR count). The van der Waals surface area contributed by atoms with Gasteiger partial charge in [-0.05, 0) is 35.7 Å². The third-order valence-corrected chi connectivity index (χ3v) is 4.59. The Balaban J connectivity index is 1.82. The van der Waals surface area contributed by atoms with Gasteiger partial charge >= 0.3 is 0 Å². The zero-order chi connectivity index (χ0) is 22.8. The van der Waals surface area contributed by atoms with Gasteiger partial charge in [0.2, 0.25) is 11.8 Å². The van der Waals surface area contributed by atoms with Crippen LogP contribution in [-0.2, 0) is 16.0 Å². The number of amides is 3. The molecule has 0 aliphatic rings. The van der Waals surface area contributed by atoms with E-state index in [1.165, 1.54) is 19.2 Å². The SMILES string of the molecule is COc1ccccc1C(=O)NC(C(=O)NCCNC(=O)Cc1cccc(F)c1)C(C)C. The highest BCUT2D eigenvalue weighted by Gasteiger charge is 2.25. The lowest BCUT2D eigenvalue weighted by atomic mass is 10.0. The molecule has 2 aromatic rings. The maximum atomic E-state index is 13.2. The van der Waals surface area contributed by atoms with Crippen LogP contribution in [0.2, 0.25) is 0 Å². The normalized spacial score (nSPS) is 11.5. The minimum Gasteiger partial charge on any atom is -0.496 e. The third-order valence-electron chi connectivity index (χ3n) is 4.59. The van der Waals surface area contributed by atoms with Gasteiger partial charge < -0.3 is 20.7 Å². The number of para-hydroxylation sites is 1. The predicted molar refractivity (Wildman–Crippen MR) is 115 cm³/mol. The van der Waals surface area contributed by atoms with Gasteiger partial charge in [0.25, 0.3) is 5.91 Å². The first-order valence-corrected chi connectivity index (χ1v) is 10.0. The van der Waals surface area contributed by atoms with Crippen molar-refractivity contribution in [1.29, 1.82) is 0 Å². The van der Waals surface area contributed by atoms with Gasteiger partial charge in [-0.2, -0.15) is 0 Å². The molecule has 8 heteroatoms. The van der Waals surface area contributed by atoms with Gasteiger partial charge in [0.05, 0.1) is 19.1 Å². The van der Waals surface area contributed by atoms with Gasteiger partial charge in [0.1, 0.15) is 17.6 Å². The van der Waals surface area contributed by atoms with Crippen LogP contribution in [0.5, 0.6) is 5.75 Å². The van der Waals surface area contributed by atoms with Gasteiger partial charge in [0, 0.05) is 13.1 Å². The molecule has 0 saturated heterocycles. The molecule has 7 nitrogen and oxygen atoms in total. The molecule has 3 amide bonds. The van der Waals surface area contributed by atoms with Gasteiger partial charge in [-0.3, -0.25) is 14.4 Å². The molecule has 0 aliphatic heterocycles. The summed E-state index contributed by atoms with van der Waals surface area (Å²) in [5, 5.41) is 8.14. The van der Waals surface area contributed by atoms with Crippen LogP contribution in [0.3, 0.4) is 0 Å². The van der Waals surface area contributed by atoms with E-state index in [4.69, 9.17) is 4.74 Å². The summed E-state index contributed by atoms with van der Waals surface area (Å²) in [6.45, 7) is 4.06. The minimum absolute atomic E-state index is 0.0509. The highest BCUT2D eigenvalue weighted by molar-refractivity contribution is 5.99. The highest BCUT2D eigenvalue weighted by Crippen LogP contribution is 2.17. The van der Waals surface area contributed by atoms with Crippen LogP contribution in [0.4, 0.5) is 4.39 Å². The molecule has 1 unspecified atom stereocenters. The van der Waals surface area contributed by atoms with Crippen LogP contribution in [0.1, 0.15) is 29.8 Å². The molecule has 0 aromatic heterocycles. The van der Waals surface area contributed by atoms with Crippen molar-refractivity contribution in [2.24, 2.45) is 5.92 Å². The molecule has 0 bridgehead atoms. The van der Waals surface area contributed by atoms with Crippen molar-refractivity contribution in [1.82, 2.24) is 16.0 Å². The molecule has 0 aliphatic carbocycles. The van der Waals surface area contributed by atoms with E-state index in [-0.39, 0.29) is 37.2 Å². The monoisotopic (exact) mass is 429 g/mol. The molecule has 1 atom stereocenters. The van der Waals surface area contributed by atoms with Crippen molar-refractivity contribution < 1.29 is 23.5 Å². The van der Waals surface area contributed by atoms with Gasteiger partial charge in [-0.25, -0.2) is 4.39 Å².